The minimum Gasteiger partial charge on any atom is -0.454 e. The van der Waals surface area contributed by atoms with Gasteiger partial charge in [-0.3, -0.25) is 4.79 Å². The number of primary amides is 1. The quantitative estimate of drug-likeness (QED) is 0.547. The summed E-state index contributed by atoms with van der Waals surface area (Å²) in [6.07, 6.45) is 4.83. The molecule has 2 aromatic heterocycles. The lowest BCUT2D eigenvalue weighted by Gasteiger charge is -2.69. The lowest BCUT2D eigenvalue weighted by atomic mass is 9.33. The molecule has 0 radical (unpaired) electrons. The Morgan fingerprint density at radius 3 is 2.38 bits per heavy atom. The van der Waals surface area contributed by atoms with E-state index in [4.69, 9.17) is 26.7 Å². The highest BCUT2D eigenvalue weighted by Gasteiger charge is 2.71. The van der Waals surface area contributed by atoms with Gasteiger partial charge in [-0.2, -0.15) is 0 Å². The summed E-state index contributed by atoms with van der Waals surface area (Å²) in [6, 6.07) is 9.44. The SMILES string of the molecule is CS(=O)(=O)C1(c2cc(C34CC(c5nc(-c6ccc(Cl)cc6)cs5)(C3)C4)c(C(N)=O)o2)CC1. The number of hydrogen-bond donors (Lipinski definition) is 1. The van der Waals surface area contributed by atoms with Crippen molar-refractivity contribution in [1.29, 1.82) is 0 Å². The second-order valence-electron chi connectivity index (χ2n) is 9.62. The Morgan fingerprint density at radius 1 is 1.16 bits per heavy atom. The molecule has 32 heavy (non-hydrogen) atoms. The molecule has 0 atom stereocenters. The number of nitrogens with zero attached hydrogens (tertiary/aromatic N) is 1. The molecule has 2 bridgehead atoms. The molecule has 0 spiro atoms. The van der Waals surface area contributed by atoms with Gasteiger partial charge in [0.1, 0.15) is 10.5 Å². The number of sulfone groups is 1. The van der Waals surface area contributed by atoms with Gasteiger partial charge in [0.05, 0.1) is 10.7 Å². The smallest absolute Gasteiger partial charge is 0.284 e. The van der Waals surface area contributed by atoms with Crippen molar-refractivity contribution < 1.29 is 17.6 Å². The Labute approximate surface area is 194 Å². The molecule has 2 heterocycles. The van der Waals surface area contributed by atoms with Crippen LogP contribution >= 0.6 is 22.9 Å². The van der Waals surface area contributed by atoms with E-state index >= 15 is 0 Å². The Hall–Kier alpha value is -2.16. The van der Waals surface area contributed by atoms with E-state index in [9.17, 15) is 13.2 Å². The number of rotatable bonds is 6. The first kappa shape index (κ1) is 20.4. The Balaban J connectivity index is 1.28. The molecule has 4 aliphatic rings. The summed E-state index contributed by atoms with van der Waals surface area (Å²) in [5, 5.41) is 3.86. The summed E-state index contributed by atoms with van der Waals surface area (Å²) in [4.78, 5) is 17.0. The van der Waals surface area contributed by atoms with E-state index < -0.39 is 20.5 Å². The molecule has 9 heteroatoms. The molecule has 3 aromatic rings. The summed E-state index contributed by atoms with van der Waals surface area (Å²) >= 11 is 7.65. The predicted molar refractivity (Wildman–Crippen MR) is 123 cm³/mol. The van der Waals surface area contributed by atoms with E-state index in [0.29, 0.717) is 23.6 Å². The van der Waals surface area contributed by atoms with Gasteiger partial charge in [-0.05, 0) is 50.3 Å². The number of halogens is 1. The van der Waals surface area contributed by atoms with Crippen molar-refractivity contribution in [3.05, 3.63) is 62.8 Å². The third kappa shape index (κ3) is 2.66. The molecule has 2 N–H and O–H groups in total. The Morgan fingerprint density at radius 2 is 1.81 bits per heavy atom. The van der Waals surface area contributed by atoms with Crippen LogP contribution in [0.5, 0.6) is 0 Å². The second-order valence-corrected chi connectivity index (χ2v) is 13.2. The summed E-state index contributed by atoms with van der Waals surface area (Å²) in [5.41, 5.74) is 8.17. The average molecular weight is 489 g/mol. The van der Waals surface area contributed by atoms with Crippen LogP contribution in [-0.2, 0) is 25.4 Å². The standard InChI is InChI=1S/C23H21ClN2O4S2/c1-32(28,29)23(6-7-23)17-8-15(18(30-17)19(25)27)21-10-22(11-21,12-21)20-26-16(9-31-20)13-2-4-14(24)5-3-13/h2-5,8-9H,6-7,10-12H2,1H3,(H2,25,27). The van der Waals surface area contributed by atoms with Gasteiger partial charge in [-0.25, -0.2) is 13.4 Å². The van der Waals surface area contributed by atoms with Crippen LogP contribution in [-0.4, -0.2) is 25.6 Å². The Bertz CT molecular complexity index is 1360. The third-order valence-electron chi connectivity index (χ3n) is 7.52. The zero-order chi connectivity index (χ0) is 22.5. The summed E-state index contributed by atoms with van der Waals surface area (Å²) < 4.78 is 29.5. The number of carbonyl (C=O) groups excluding carboxylic acids is 1. The maximum Gasteiger partial charge on any atom is 0.284 e. The number of benzene rings is 1. The summed E-state index contributed by atoms with van der Waals surface area (Å²) in [6.45, 7) is 0. The lowest BCUT2D eigenvalue weighted by molar-refractivity contribution is -0.0700. The topological polar surface area (TPSA) is 103 Å². The molecule has 4 aliphatic carbocycles. The molecule has 4 saturated carbocycles. The van der Waals surface area contributed by atoms with Crippen LogP contribution in [0.3, 0.4) is 0 Å². The number of aromatic nitrogens is 1. The average Bonchev–Trinajstić information content (AvgIpc) is 3.15. The fourth-order valence-electron chi connectivity index (χ4n) is 5.68. The number of thiazole rings is 1. The molecular formula is C23H21ClN2O4S2. The van der Waals surface area contributed by atoms with Gasteiger partial charge in [-0.15, -0.1) is 11.3 Å². The molecule has 4 fully saturated rings. The van der Waals surface area contributed by atoms with Crippen LogP contribution in [0.2, 0.25) is 5.02 Å². The molecule has 1 amide bonds. The zero-order valence-corrected chi connectivity index (χ0v) is 19.7. The van der Waals surface area contributed by atoms with E-state index in [0.717, 1.165) is 41.1 Å². The van der Waals surface area contributed by atoms with Crippen molar-refractivity contribution in [2.45, 2.75) is 47.7 Å². The van der Waals surface area contributed by atoms with Gasteiger partial charge >= 0.3 is 0 Å². The number of nitrogens with two attached hydrogens (primary N) is 1. The number of carbonyl (C=O) groups is 1. The first-order valence-corrected chi connectivity index (χ1v) is 13.6. The van der Waals surface area contributed by atoms with Crippen LogP contribution in [0.4, 0.5) is 0 Å². The van der Waals surface area contributed by atoms with E-state index in [1.807, 2.05) is 24.3 Å². The van der Waals surface area contributed by atoms with E-state index in [1.165, 1.54) is 6.26 Å². The minimum atomic E-state index is -3.34. The fraction of sp³-hybridized carbons (Fsp3) is 0.391. The second kappa shape index (κ2) is 6.24. The summed E-state index contributed by atoms with van der Waals surface area (Å²) in [5.74, 6) is -0.167. The molecule has 0 aliphatic heterocycles. The maximum atomic E-state index is 12.3. The van der Waals surface area contributed by atoms with Crippen LogP contribution in [0.15, 0.2) is 40.1 Å². The molecule has 6 nitrogen and oxygen atoms in total. The highest BCUT2D eigenvalue weighted by Crippen LogP contribution is 2.75. The highest BCUT2D eigenvalue weighted by molar-refractivity contribution is 7.91. The normalized spacial score (nSPS) is 27.4. The van der Waals surface area contributed by atoms with Gasteiger partial charge in [0.2, 0.25) is 0 Å². The van der Waals surface area contributed by atoms with Crippen molar-refractivity contribution in [2.75, 3.05) is 6.26 Å². The molecule has 1 aromatic carbocycles. The fourth-order valence-corrected chi connectivity index (χ4v) is 8.14. The van der Waals surface area contributed by atoms with Gasteiger partial charge in [-0.1, -0.05) is 23.7 Å². The Kier molecular flexibility index (Phi) is 3.99. The number of furan rings is 1. The van der Waals surface area contributed by atoms with Crippen LogP contribution in [0.1, 0.15) is 59.0 Å². The van der Waals surface area contributed by atoms with E-state index in [-0.39, 0.29) is 16.6 Å². The molecule has 0 unspecified atom stereocenters. The van der Waals surface area contributed by atoms with Crippen molar-refractivity contribution >= 4 is 38.7 Å². The first-order chi connectivity index (χ1) is 15.1. The van der Waals surface area contributed by atoms with Gasteiger partial charge in [0.15, 0.2) is 15.6 Å². The lowest BCUT2D eigenvalue weighted by Crippen LogP contribution is -2.67. The first-order valence-electron chi connectivity index (χ1n) is 10.4. The van der Waals surface area contributed by atoms with Crippen molar-refractivity contribution in [3.8, 4) is 11.3 Å². The van der Waals surface area contributed by atoms with E-state index in [1.54, 1.807) is 17.4 Å². The highest BCUT2D eigenvalue weighted by atomic mass is 35.5. The zero-order valence-electron chi connectivity index (χ0n) is 17.4. The number of amides is 1. The van der Waals surface area contributed by atoms with E-state index in [2.05, 4.69) is 5.38 Å². The van der Waals surface area contributed by atoms with Crippen LogP contribution < -0.4 is 5.73 Å². The van der Waals surface area contributed by atoms with Crippen LogP contribution in [0, 0.1) is 0 Å². The van der Waals surface area contributed by atoms with Crippen molar-refractivity contribution in [3.63, 3.8) is 0 Å². The van der Waals surface area contributed by atoms with Crippen molar-refractivity contribution in [2.24, 2.45) is 5.73 Å². The van der Waals surface area contributed by atoms with Crippen LogP contribution in [0.25, 0.3) is 11.3 Å². The van der Waals surface area contributed by atoms with Gasteiger partial charge < -0.3 is 10.2 Å². The third-order valence-corrected chi connectivity index (χ3v) is 10.9. The monoisotopic (exact) mass is 488 g/mol. The minimum absolute atomic E-state index is 0.00971. The largest absolute Gasteiger partial charge is 0.454 e. The summed E-state index contributed by atoms with van der Waals surface area (Å²) in [7, 11) is -3.34. The van der Waals surface area contributed by atoms with Gasteiger partial charge in [0.25, 0.3) is 5.91 Å². The maximum absolute atomic E-state index is 12.3. The molecule has 7 rings (SSSR count). The number of hydrogen-bond acceptors (Lipinski definition) is 6. The molecular weight excluding hydrogens is 468 g/mol. The van der Waals surface area contributed by atoms with Gasteiger partial charge in [0, 0.05) is 38.6 Å². The molecule has 0 saturated heterocycles. The predicted octanol–water partition coefficient (Wildman–Crippen LogP) is 4.56. The molecule has 166 valence electrons. The van der Waals surface area contributed by atoms with Crippen molar-refractivity contribution in [1.82, 2.24) is 4.98 Å².